The Labute approximate surface area is 134 Å². The van der Waals surface area contributed by atoms with Gasteiger partial charge in [-0.3, -0.25) is 14.7 Å². The molecule has 24 heavy (non-hydrogen) atoms. The monoisotopic (exact) mass is 353 g/mol. The summed E-state index contributed by atoms with van der Waals surface area (Å²) in [6.07, 6.45) is -4.89. The zero-order valence-electron chi connectivity index (χ0n) is 12.7. The highest BCUT2D eigenvalue weighted by molar-refractivity contribution is 5.79. The summed E-state index contributed by atoms with van der Waals surface area (Å²) in [5.41, 5.74) is 0. The van der Waals surface area contributed by atoms with E-state index >= 15 is 0 Å². The van der Waals surface area contributed by atoms with Crippen molar-refractivity contribution in [2.75, 3.05) is 20.1 Å². The van der Waals surface area contributed by atoms with Gasteiger partial charge in [-0.15, -0.1) is 5.10 Å². The molecule has 0 unspecified atom stereocenters. The van der Waals surface area contributed by atoms with Gasteiger partial charge < -0.3 is 20.4 Å². The van der Waals surface area contributed by atoms with E-state index in [1.54, 1.807) is 0 Å². The van der Waals surface area contributed by atoms with Crippen LogP contribution in [0.5, 0.6) is 0 Å². The number of hydrogen-bond donors (Lipinski definition) is 4. The van der Waals surface area contributed by atoms with Crippen molar-refractivity contribution in [1.29, 1.82) is 0 Å². The van der Waals surface area contributed by atoms with Crippen molar-refractivity contribution in [3.05, 3.63) is 11.6 Å². The Morgan fingerprint density at radius 1 is 1.54 bits per heavy atom. The molecule has 0 aromatic carbocycles. The quantitative estimate of drug-likeness (QED) is 0.536. The number of carbonyl (C=O) groups is 2. The molecule has 0 bridgehead atoms. The van der Waals surface area contributed by atoms with E-state index in [1.807, 2.05) is 11.9 Å². The van der Waals surface area contributed by atoms with Gasteiger partial charge in [0.2, 0.25) is 5.91 Å². The minimum absolute atomic E-state index is 0.0886. The fourth-order valence-electron chi connectivity index (χ4n) is 2.16. The zero-order chi connectivity index (χ0) is 18.3. The molecule has 1 aliphatic rings. The summed E-state index contributed by atoms with van der Waals surface area (Å²) in [4.78, 5) is 25.5. The molecule has 0 radical (unpaired) electrons. The number of nitrogens with one attached hydrogen (secondary N) is 2. The fourth-order valence-corrected chi connectivity index (χ4v) is 2.16. The van der Waals surface area contributed by atoms with Gasteiger partial charge in [0.25, 0.3) is 12.3 Å². The number of amides is 1. The van der Waals surface area contributed by atoms with Crippen molar-refractivity contribution >= 4 is 12.4 Å². The number of H-pyrrole nitrogens is 1. The number of alkyl halides is 3. The minimum Gasteiger partial charge on any atom is -0.483 e. The van der Waals surface area contributed by atoms with Crippen LogP contribution in [0.15, 0.2) is 0 Å². The first-order chi connectivity index (χ1) is 11.2. The smallest absolute Gasteiger partial charge is 0.453 e. The summed E-state index contributed by atoms with van der Waals surface area (Å²) >= 11 is 0. The topological polar surface area (TPSA) is 131 Å². The van der Waals surface area contributed by atoms with Crippen LogP contribution >= 0.6 is 0 Å². The summed E-state index contributed by atoms with van der Waals surface area (Å²) in [7, 11) is 1.83. The molecule has 2 rings (SSSR count). The van der Waals surface area contributed by atoms with E-state index in [4.69, 9.17) is 9.90 Å². The number of halogens is 3. The number of aromatic amines is 1. The van der Waals surface area contributed by atoms with Gasteiger partial charge in [0.1, 0.15) is 5.82 Å². The summed E-state index contributed by atoms with van der Waals surface area (Å²) in [6, 6.07) is 0. The highest BCUT2D eigenvalue weighted by atomic mass is 19.4. The van der Waals surface area contributed by atoms with Crippen molar-refractivity contribution < 1.29 is 33.0 Å². The Bertz CT molecular complexity index is 551. The predicted octanol–water partition coefficient (Wildman–Crippen LogP) is -0.547. The van der Waals surface area contributed by atoms with E-state index in [2.05, 4.69) is 20.5 Å². The third-order valence-corrected chi connectivity index (χ3v) is 3.33. The van der Waals surface area contributed by atoms with Crippen LogP contribution in [0.3, 0.4) is 0 Å². The summed E-state index contributed by atoms with van der Waals surface area (Å²) in [6.45, 7) is 0.647. The van der Waals surface area contributed by atoms with Crippen LogP contribution in [-0.2, 0) is 22.3 Å². The lowest BCUT2D eigenvalue weighted by Crippen LogP contribution is -2.48. The van der Waals surface area contributed by atoms with Crippen molar-refractivity contribution in [2.24, 2.45) is 5.92 Å². The molecule has 12 heteroatoms. The first-order valence-electron chi connectivity index (χ1n) is 6.89. The van der Waals surface area contributed by atoms with Crippen LogP contribution < -0.4 is 5.32 Å². The van der Waals surface area contributed by atoms with Gasteiger partial charge >= 0.3 is 6.18 Å². The second-order valence-corrected chi connectivity index (χ2v) is 5.15. The normalized spacial score (nSPS) is 21.5. The van der Waals surface area contributed by atoms with Gasteiger partial charge in [-0.05, 0) is 13.5 Å². The van der Waals surface area contributed by atoms with Gasteiger partial charge in [-0.2, -0.15) is 13.2 Å². The molecular weight excluding hydrogens is 335 g/mol. The van der Waals surface area contributed by atoms with Crippen LogP contribution in [0.4, 0.5) is 13.2 Å². The van der Waals surface area contributed by atoms with Crippen LogP contribution in [0.2, 0.25) is 0 Å². The highest BCUT2D eigenvalue weighted by Crippen LogP contribution is 2.25. The Morgan fingerprint density at radius 2 is 2.17 bits per heavy atom. The number of aromatic nitrogens is 3. The van der Waals surface area contributed by atoms with Gasteiger partial charge in [0.15, 0.2) is 0 Å². The van der Waals surface area contributed by atoms with Crippen molar-refractivity contribution in [3.63, 3.8) is 0 Å². The van der Waals surface area contributed by atoms with E-state index < -0.39 is 29.9 Å². The second kappa shape index (κ2) is 8.59. The SMILES string of the molecule is CN1CC[C@H](O)[C@H](C(=O)NCc2nc(C(F)(F)F)n[nH]2)C1.O=CO. The molecule has 2 atom stereocenters. The number of likely N-dealkylation sites (tertiary alicyclic amines) is 1. The van der Waals surface area contributed by atoms with Crippen LogP contribution in [0.25, 0.3) is 0 Å². The van der Waals surface area contributed by atoms with E-state index in [1.165, 1.54) is 0 Å². The molecule has 1 aliphatic heterocycles. The predicted molar refractivity (Wildman–Crippen MR) is 73.5 cm³/mol. The van der Waals surface area contributed by atoms with Gasteiger partial charge in [-0.1, -0.05) is 0 Å². The molecule has 1 amide bonds. The number of carbonyl (C=O) groups excluding carboxylic acids is 1. The number of hydrogen-bond acceptors (Lipinski definition) is 6. The van der Waals surface area contributed by atoms with E-state index in [0.717, 1.165) is 0 Å². The maximum Gasteiger partial charge on any atom is 0.453 e. The Kier molecular flexibility index (Phi) is 7.10. The molecule has 0 spiro atoms. The fraction of sp³-hybridized carbons (Fsp3) is 0.667. The number of piperidine rings is 1. The maximum absolute atomic E-state index is 12.3. The van der Waals surface area contributed by atoms with Gasteiger partial charge in [0, 0.05) is 13.1 Å². The molecule has 1 saturated heterocycles. The average Bonchev–Trinajstić information content (AvgIpc) is 2.97. The largest absolute Gasteiger partial charge is 0.483 e. The second-order valence-electron chi connectivity index (χ2n) is 5.15. The van der Waals surface area contributed by atoms with E-state index in [0.29, 0.717) is 19.5 Å². The molecule has 9 nitrogen and oxygen atoms in total. The molecule has 1 aromatic rings. The van der Waals surface area contributed by atoms with Crippen LogP contribution in [0.1, 0.15) is 18.1 Å². The highest BCUT2D eigenvalue weighted by Gasteiger charge is 2.36. The number of carboxylic acid groups (broad SMARTS) is 1. The lowest BCUT2D eigenvalue weighted by atomic mass is 9.94. The first kappa shape index (κ1) is 19.8. The molecule has 1 fully saturated rings. The standard InChI is InChI=1S/C11H16F3N5O2.CH2O2/c1-19-3-2-7(20)6(5-19)9(21)15-4-8-16-10(18-17-8)11(12,13)14;2-1-3/h6-7,20H,2-5H2,1H3,(H,15,21)(H,16,17,18);1H,(H,2,3)/t6-,7+;/m1./s1. The number of aliphatic hydroxyl groups is 1. The molecule has 2 heterocycles. The lowest BCUT2D eigenvalue weighted by Gasteiger charge is -2.32. The third-order valence-electron chi connectivity index (χ3n) is 3.33. The lowest BCUT2D eigenvalue weighted by molar-refractivity contribution is -0.144. The summed E-state index contributed by atoms with van der Waals surface area (Å²) < 4.78 is 36.9. The van der Waals surface area contributed by atoms with Crippen molar-refractivity contribution in [3.8, 4) is 0 Å². The van der Waals surface area contributed by atoms with Crippen LogP contribution in [0, 0.1) is 5.92 Å². The maximum atomic E-state index is 12.3. The third kappa shape index (κ3) is 5.77. The minimum atomic E-state index is -4.62. The Hall–Kier alpha value is -2.21. The number of aliphatic hydroxyl groups excluding tert-OH is 1. The Morgan fingerprint density at radius 3 is 2.71 bits per heavy atom. The molecular formula is C12H18F3N5O4. The van der Waals surface area contributed by atoms with Crippen molar-refractivity contribution in [1.82, 2.24) is 25.4 Å². The summed E-state index contributed by atoms with van der Waals surface area (Å²) in [5, 5.41) is 24.3. The first-order valence-corrected chi connectivity index (χ1v) is 6.89. The van der Waals surface area contributed by atoms with Crippen LogP contribution in [-0.4, -0.2) is 68.9 Å². The zero-order valence-corrected chi connectivity index (χ0v) is 12.7. The molecule has 4 N–H and O–H groups in total. The van der Waals surface area contributed by atoms with Crippen molar-refractivity contribution in [2.45, 2.75) is 25.2 Å². The molecule has 0 saturated carbocycles. The van der Waals surface area contributed by atoms with Gasteiger partial charge in [0.05, 0.1) is 18.6 Å². The number of rotatable bonds is 3. The molecule has 1 aromatic heterocycles. The molecule has 136 valence electrons. The van der Waals surface area contributed by atoms with E-state index in [-0.39, 0.29) is 18.8 Å². The average molecular weight is 353 g/mol. The van der Waals surface area contributed by atoms with Gasteiger partial charge in [-0.25, -0.2) is 4.98 Å². The number of nitrogens with zero attached hydrogens (tertiary/aromatic N) is 3. The molecule has 0 aliphatic carbocycles. The summed E-state index contributed by atoms with van der Waals surface area (Å²) in [5.74, 6) is -2.38. The Balaban J connectivity index is 0.000000891. The van der Waals surface area contributed by atoms with E-state index in [9.17, 15) is 23.1 Å².